The highest BCUT2D eigenvalue weighted by Crippen LogP contribution is 2.13. The topological polar surface area (TPSA) is 84.6 Å². The van der Waals surface area contributed by atoms with Crippen LogP contribution in [0.2, 0.25) is 0 Å². The molecule has 0 spiro atoms. The van der Waals surface area contributed by atoms with Crippen molar-refractivity contribution in [3.8, 4) is 0 Å². The monoisotopic (exact) mass is 357 g/mol. The van der Waals surface area contributed by atoms with Gasteiger partial charge >= 0.3 is 0 Å². The Morgan fingerprint density at radius 1 is 1.38 bits per heavy atom. The lowest BCUT2D eigenvalue weighted by molar-refractivity contribution is -0.133. The Labute approximate surface area is 132 Å². The molecule has 0 saturated carbocycles. The molecule has 1 aromatic rings. The number of hydrogen-bond donors (Lipinski definition) is 1. The van der Waals surface area contributed by atoms with Gasteiger partial charge in [-0.15, -0.1) is 0 Å². The van der Waals surface area contributed by atoms with Gasteiger partial charge in [0.15, 0.2) is 0 Å². The molecule has 0 bridgehead atoms. The lowest BCUT2D eigenvalue weighted by atomic mass is 10.2. The number of rotatable bonds is 5. The molecule has 0 aromatic carbocycles. The number of halogens is 1. The van der Waals surface area contributed by atoms with E-state index in [4.69, 9.17) is 10.5 Å². The Kier molecular flexibility index (Phi) is 5.89. The van der Waals surface area contributed by atoms with Crippen molar-refractivity contribution < 1.29 is 9.53 Å². The fourth-order valence-electron chi connectivity index (χ4n) is 2.20. The number of methoxy groups -OCH3 is 1. The molecule has 2 N–H and O–H groups in total. The van der Waals surface area contributed by atoms with Gasteiger partial charge in [-0.3, -0.25) is 4.79 Å². The Morgan fingerprint density at radius 2 is 2.00 bits per heavy atom. The van der Waals surface area contributed by atoms with Gasteiger partial charge in [-0.25, -0.2) is 9.97 Å². The SMILES string of the molecule is COCCC(N)C(=O)N1CCN(c2ncc(Br)cn2)CC1. The minimum Gasteiger partial charge on any atom is -0.385 e. The van der Waals surface area contributed by atoms with Gasteiger partial charge in [-0.1, -0.05) is 0 Å². The highest BCUT2D eigenvalue weighted by Gasteiger charge is 2.25. The molecule has 0 radical (unpaired) electrons. The highest BCUT2D eigenvalue weighted by molar-refractivity contribution is 9.10. The number of anilines is 1. The average Bonchev–Trinajstić information content (AvgIpc) is 2.53. The van der Waals surface area contributed by atoms with Gasteiger partial charge in [-0.05, 0) is 22.4 Å². The maximum atomic E-state index is 12.2. The zero-order chi connectivity index (χ0) is 15.2. The van der Waals surface area contributed by atoms with Crippen LogP contribution in [0.3, 0.4) is 0 Å². The number of piperazine rings is 1. The average molecular weight is 358 g/mol. The molecular weight excluding hydrogens is 338 g/mol. The number of nitrogens with zero attached hydrogens (tertiary/aromatic N) is 4. The first-order valence-electron chi connectivity index (χ1n) is 6.87. The number of hydrogen-bond acceptors (Lipinski definition) is 6. The Balaban J connectivity index is 1.85. The van der Waals surface area contributed by atoms with E-state index in [0.717, 1.165) is 4.47 Å². The molecule has 2 heterocycles. The first-order valence-corrected chi connectivity index (χ1v) is 7.67. The molecule has 1 aromatic heterocycles. The van der Waals surface area contributed by atoms with Gasteiger partial charge in [0, 0.05) is 52.3 Å². The van der Waals surface area contributed by atoms with Crippen molar-refractivity contribution in [2.24, 2.45) is 5.73 Å². The van der Waals surface area contributed by atoms with Crippen molar-refractivity contribution in [2.75, 3.05) is 44.8 Å². The second-order valence-corrected chi connectivity index (χ2v) is 5.82. The predicted octanol–water partition coefficient (Wildman–Crippen LogP) is 0.252. The first-order chi connectivity index (χ1) is 10.1. The molecule has 1 unspecified atom stereocenters. The fraction of sp³-hybridized carbons (Fsp3) is 0.615. The number of carbonyl (C=O) groups is 1. The summed E-state index contributed by atoms with van der Waals surface area (Å²) in [6.07, 6.45) is 3.99. The van der Waals surface area contributed by atoms with Crippen LogP contribution in [0.1, 0.15) is 6.42 Å². The first kappa shape index (κ1) is 16.1. The number of ether oxygens (including phenoxy) is 1. The van der Waals surface area contributed by atoms with E-state index < -0.39 is 6.04 Å². The van der Waals surface area contributed by atoms with E-state index in [2.05, 4.69) is 30.8 Å². The van der Waals surface area contributed by atoms with Crippen molar-refractivity contribution in [3.63, 3.8) is 0 Å². The summed E-state index contributed by atoms with van der Waals surface area (Å²) in [6, 6.07) is -0.486. The maximum Gasteiger partial charge on any atom is 0.239 e. The van der Waals surface area contributed by atoms with Gasteiger partial charge in [0.05, 0.1) is 10.5 Å². The van der Waals surface area contributed by atoms with Crippen LogP contribution in [0.15, 0.2) is 16.9 Å². The normalized spacial score (nSPS) is 16.9. The third-order valence-electron chi connectivity index (χ3n) is 3.43. The molecule has 1 saturated heterocycles. The van der Waals surface area contributed by atoms with Crippen molar-refractivity contribution >= 4 is 27.8 Å². The Bertz CT molecular complexity index is 462. The molecule has 116 valence electrons. The van der Waals surface area contributed by atoms with Gasteiger partial charge in [0.1, 0.15) is 0 Å². The standard InChI is InChI=1S/C13H20BrN5O2/c1-21-7-2-11(15)12(20)18-3-5-19(6-4-18)13-16-8-10(14)9-17-13/h8-9,11H,2-7,15H2,1H3. The number of amides is 1. The van der Waals surface area contributed by atoms with E-state index in [-0.39, 0.29) is 5.91 Å². The van der Waals surface area contributed by atoms with Crippen molar-refractivity contribution in [1.29, 1.82) is 0 Å². The smallest absolute Gasteiger partial charge is 0.239 e. The maximum absolute atomic E-state index is 12.2. The van der Waals surface area contributed by atoms with Gasteiger partial charge in [0.2, 0.25) is 11.9 Å². The van der Waals surface area contributed by atoms with E-state index in [1.165, 1.54) is 0 Å². The van der Waals surface area contributed by atoms with Crippen LogP contribution in [0.4, 0.5) is 5.95 Å². The van der Waals surface area contributed by atoms with Crippen molar-refractivity contribution in [1.82, 2.24) is 14.9 Å². The summed E-state index contributed by atoms with van der Waals surface area (Å²) in [4.78, 5) is 24.6. The van der Waals surface area contributed by atoms with Crippen LogP contribution in [-0.4, -0.2) is 66.7 Å². The molecule has 0 aliphatic carbocycles. The Hall–Kier alpha value is -1.25. The van der Waals surface area contributed by atoms with Gasteiger partial charge in [0.25, 0.3) is 0 Å². The van der Waals surface area contributed by atoms with Crippen LogP contribution in [0, 0.1) is 0 Å². The van der Waals surface area contributed by atoms with Crippen molar-refractivity contribution in [3.05, 3.63) is 16.9 Å². The van der Waals surface area contributed by atoms with Crippen LogP contribution in [0.25, 0.3) is 0 Å². The van der Waals surface area contributed by atoms with Crippen LogP contribution >= 0.6 is 15.9 Å². The summed E-state index contributed by atoms with van der Waals surface area (Å²) in [7, 11) is 1.61. The molecular formula is C13H20BrN5O2. The second-order valence-electron chi connectivity index (χ2n) is 4.90. The van der Waals surface area contributed by atoms with E-state index in [0.29, 0.717) is 45.2 Å². The Morgan fingerprint density at radius 3 is 2.57 bits per heavy atom. The largest absolute Gasteiger partial charge is 0.385 e. The summed E-state index contributed by atoms with van der Waals surface area (Å²) < 4.78 is 5.81. The third kappa shape index (κ3) is 4.36. The molecule has 21 heavy (non-hydrogen) atoms. The lowest BCUT2D eigenvalue weighted by Gasteiger charge is -2.35. The number of carbonyl (C=O) groups excluding carboxylic acids is 1. The summed E-state index contributed by atoms with van der Waals surface area (Å²) in [5.74, 6) is 0.678. The zero-order valence-corrected chi connectivity index (χ0v) is 13.6. The molecule has 8 heteroatoms. The predicted molar refractivity (Wildman–Crippen MR) is 83.0 cm³/mol. The summed E-state index contributed by atoms with van der Waals surface area (Å²) >= 11 is 3.31. The third-order valence-corrected chi connectivity index (χ3v) is 3.84. The van der Waals surface area contributed by atoms with E-state index >= 15 is 0 Å². The van der Waals surface area contributed by atoms with E-state index in [1.54, 1.807) is 24.4 Å². The molecule has 2 rings (SSSR count). The van der Waals surface area contributed by atoms with Gasteiger partial charge in [-0.2, -0.15) is 0 Å². The fourth-order valence-corrected chi connectivity index (χ4v) is 2.40. The molecule has 7 nitrogen and oxygen atoms in total. The quantitative estimate of drug-likeness (QED) is 0.813. The van der Waals surface area contributed by atoms with E-state index in [1.807, 2.05) is 0 Å². The van der Waals surface area contributed by atoms with Crippen LogP contribution in [0.5, 0.6) is 0 Å². The summed E-state index contributed by atoms with van der Waals surface area (Å²) in [5.41, 5.74) is 5.88. The summed E-state index contributed by atoms with van der Waals surface area (Å²) in [6.45, 7) is 3.20. The molecule has 1 aliphatic heterocycles. The molecule has 1 atom stereocenters. The highest BCUT2D eigenvalue weighted by atomic mass is 79.9. The zero-order valence-electron chi connectivity index (χ0n) is 12.0. The second kappa shape index (κ2) is 7.67. The van der Waals surface area contributed by atoms with E-state index in [9.17, 15) is 4.79 Å². The minimum absolute atomic E-state index is 0.0107. The summed E-state index contributed by atoms with van der Waals surface area (Å²) in [5, 5.41) is 0. The molecule has 1 amide bonds. The number of nitrogens with two attached hydrogens (primary N) is 1. The van der Waals surface area contributed by atoms with Crippen molar-refractivity contribution in [2.45, 2.75) is 12.5 Å². The number of aromatic nitrogens is 2. The minimum atomic E-state index is -0.486. The molecule has 1 aliphatic rings. The van der Waals surface area contributed by atoms with Gasteiger partial charge < -0.3 is 20.3 Å². The molecule has 1 fully saturated rings. The van der Waals surface area contributed by atoms with Crippen LogP contribution < -0.4 is 10.6 Å². The van der Waals surface area contributed by atoms with Crippen LogP contribution in [-0.2, 0) is 9.53 Å². The lowest BCUT2D eigenvalue weighted by Crippen LogP contribution is -2.53.